The summed E-state index contributed by atoms with van der Waals surface area (Å²) in [6.07, 6.45) is 2.06. The summed E-state index contributed by atoms with van der Waals surface area (Å²) >= 11 is 0. The zero-order chi connectivity index (χ0) is 27.7. The Balaban J connectivity index is 1.79. The highest BCUT2D eigenvalue weighted by molar-refractivity contribution is 6.04. The fourth-order valence-electron chi connectivity index (χ4n) is 3.89. The average Bonchev–Trinajstić information content (AvgIpc) is 3.27. The van der Waals surface area contributed by atoms with Crippen molar-refractivity contribution in [2.45, 2.75) is 64.3 Å². The first-order valence-corrected chi connectivity index (χ1v) is 12.3. The van der Waals surface area contributed by atoms with Gasteiger partial charge in [0.05, 0.1) is 0 Å². The molecule has 0 aliphatic carbocycles. The predicted octanol–water partition coefficient (Wildman–Crippen LogP) is 3.49. The van der Waals surface area contributed by atoms with Crippen LogP contribution in [0.4, 0.5) is 10.6 Å². The first-order chi connectivity index (χ1) is 18.1. The maximum atomic E-state index is 13.8. The largest absolute Gasteiger partial charge is 0.461 e. The molecule has 0 saturated carbocycles. The van der Waals surface area contributed by atoms with Gasteiger partial charge in [-0.2, -0.15) is 0 Å². The number of carbonyl (C=O) groups excluding carboxylic acids is 4. The Labute approximate surface area is 222 Å². The van der Waals surface area contributed by atoms with Gasteiger partial charge in [-0.25, -0.2) is 14.6 Å². The van der Waals surface area contributed by atoms with Crippen molar-refractivity contribution in [3.8, 4) is 0 Å². The van der Waals surface area contributed by atoms with Crippen LogP contribution in [0.5, 0.6) is 0 Å². The Kier molecular flexibility index (Phi) is 9.59. The van der Waals surface area contributed by atoms with E-state index in [1.54, 1.807) is 32.9 Å². The number of fused-ring (bicyclic) bond motifs is 1. The van der Waals surface area contributed by atoms with E-state index in [1.807, 2.05) is 30.3 Å². The quantitative estimate of drug-likeness (QED) is 0.285. The number of anilines is 1. The van der Waals surface area contributed by atoms with Crippen molar-refractivity contribution >= 4 is 29.8 Å². The maximum Gasteiger partial charge on any atom is 0.408 e. The van der Waals surface area contributed by atoms with Gasteiger partial charge < -0.3 is 19.5 Å². The fraction of sp³-hybridized carbons (Fsp3) is 0.393. The van der Waals surface area contributed by atoms with Gasteiger partial charge in [-0.1, -0.05) is 49.1 Å². The van der Waals surface area contributed by atoms with Crippen molar-refractivity contribution in [2.75, 3.05) is 11.5 Å². The number of amides is 2. The summed E-state index contributed by atoms with van der Waals surface area (Å²) in [5.74, 6) is -1.50. The molecule has 1 aromatic heterocycles. The number of esters is 2. The number of hydrogen-bond acceptors (Lipinski definition) is 8. The van der Waals surface area contributed by atoms with Gasteiger partial charge in [0.15, 0.2) is 0 Å². The van der Waals surface area contributed by atoms with E-state index in [9.17, 15) is 19.2 Å². The number of aromatic nitrogens is 1. The second kappa shape index (κ2) is 12.8. The molecule has 10 heteroatoms. The Morgan fingerprint density at radius 3 is 2.55 bits per heavy atom. The zero-order valence-corrected chi connectivity index (χ0v) is 21.8. The van der Waals surface area contributed by atoms with Gasteiger partial charge in [0.2, 0.25) is 0 Å². The minimum Gasteiger partial charge on any atom is -0.461 e. The van der Waals surface area contributed by atoms with Gasteiger partial charge in [-0.15, -0.1) is 0 Å². The molecule has 3 rings (SSSR count). The molecule has 1 aliphatic heterocycles. The molecule has 202 valence electrons. The Morgan fingerprint density at radius 2 is 1.87 bits per heavy atom. The van der Waals surface area contributed by atoms with Crippen LogP contribution in [-0.2, 0) is 41.6 Å². The van der Waals surface area contributed by atoms with Crippen LogP contribution in [0.15, 0.2) is 61.3 Å². The molecule has 0 radical (unpaired) electrons. The summed E-state index contributed by atoms with van der Waals surface area (Å²) in [5, 5.41) is 2.56. The molecule has 2 heterocycles. The lowest BCUT2D eigenvalue weighted by molar-refractivity contribution is -0.146. The first-order valence-electron chi connectivity index (χ1n) is 12.3. The normalized spacial score (nSPS) is 15.1. The fourth-order valence-corrected chi connectivity index (χ4v) is 3.89. The number of hydrogen-bond donors (Lipinski definition) is 1. The maximum absolute atomic E-state index is 13.8. The van der Waals surface area contributed by atoms with Gasteiger partial charge in [0.25, 0.3) is 5.91 Å². The SMILES string of the molecule is C=CCOC(=O)[C@@H]1Cc2cccnc2N1C(=O)[C@H](CCC(=O)OCc1ccccc1)NC(=O)OC(C)(C)C. The molecule has 2 atom stereocenters. The van der Waals surface area contributed by atoms with Crippen LogP contribution in [0.1, 0.15) is 44.7 Å². The smallest absolute Gasteiger partial charge is 0.408 e. The number of benzene rings is 1. The van der Waals surface area contributed by atoms with Gasteiger partial charge in [-0.3, -0.25) is 14.5 Å². The van der Waals surface area contributed by atoms with Crippen LogP contribution in [0.25, 0.3) is 0 Å². The Morgan fingerprint density at radius 1 is 1.13 bits per heavy atom. The highest BCUT2D eigenvalue weighted by Crippen LogP contribution is 2.31. The van der Waals surface area contributed by atoms with Crippen LogP contribution in [-0.4, -0.2) is 53.2 Å². The van der Waals surface area contributed by atoms with Crippen molar-refractivity contribution in [3.05, 3.63) is 72.4 Å². The van der Waals surface area contributed by atoms with Crippen LogP contribution in [0.3, 0.4) is 0 Å². The summed E-state index contributed by atoms with van der Waals surface area (Å²) in [6, 6.07) is 10.5. The van der Waals surface area contributed by atoms with Gasteiger partial charge in [-0.05, 0) is 44.4 Å². The predicted molar refractivity (Wildman–Crippen MR) is 139 cm³/mol. The lowest BCUT2D eigenvalue weighted by atomic mass is 10.1. The molecule has 2 amide bonds. The van der Waals surface area contributed by atoms with Crippen molar-refractivity contribution in [1.29, 1.82) is 0 Å². The van der Waals surface area contributed by atoms with Crippen molar-refractivity contribution in [2.24, 2.45) is 0 Å². The first kappa shape index (κ1) is 28.4. The lowest BCUT2D eigenvalue weighted by Gasteiger charge is -2.29. The highest BCUT2D eigenvalue weighted by atomic mass is 16.6. The number of rotatable bonds is 10. The molecule has 2 aromatic rings. The second-order valence-corrected chi connectivity index (χ2v) is 9.72. The summed E-state index contributed by atoms with van der Waals surface area (Å²) in [4.78, 5) is 57.3. The molecule has 1 N–H and O–H groups in total. The molecular weight excluding hydrogens is 490 g/mol. The number of alkyl carbamates (subject to hydrolysis) is 1. The minimum atomic E-state index is -1.20. The monoisotopic (exact) mass is 523 g/mol. The van der Waals surface area contributed by atoms with Crippen LogP contribution in [0.2, 0.25) is 0 Å². The third kappa shape index (κ3) is 7.89. The molecule has 38 heavy (non-hydrogen) atoms. The van der Waals surface area contributed by atoms with Gasteiger partial charge >= 0.3 is 18.0 Å². The van der Waals surface area contributed by atoms with E-state index < -0.39 is 41.6 Å². The van der Waals surface area contributed by atoms with Crippen molar-refractivity contribution < 1.29 is 33.4 Å². The van der Waals surface area contributed by atoms with Crippen LogP contribution < -0.4 is 10.2 Å². The van der Waals surface area contributed by atoms with E-state index in [-0.39, 0.29) is 32.5 Å². The molecule has 0 fully saturated rings. The molecule has 0 bridgehead atoms. The summed E-state index contributed by atoms with van der Waals surface area (Å²) < 4.78 is 15.9. The van der Waals surface area contributed by atoms with E-state index >= 15 is 0 Å². The Hall–Kier alpha value is -4.21. The number of carbonyl (C=O) groups is 4. The molecule has 0 unspecified atom stereocenters. The number of nitrogens with zero attached hydrogens (tertiary/aromatic N) is 2. The minimum absolute atomic E-state index is 0.0199. The molecule has 0 spiro atoms. The molecule has 10 nitrogen and oxygen atoms in total. The zero-order valence-electron chi connectivity index (χ0n) is 21.8. The van der Waals surface area contributed by atoms with Crippen molar-refractivity contribution in [1.82, 2.24) is 10.3 Å². The van der Waals surface area contributed by atoms with Gasteiger partial charge in [0.1, 0.15) is 36.7 Å². The number of nitrogens with one attached hydrogen (secondary N) is 1. The topological polar surface area (TPSA) is 124 Å². The third-order valence-electron chi connectivity index (χ3n) is 5.54. The average molecular weight is 524 g/mol. The van der Waals surface area contributed by atoms with Gasteiger partial charge in [0, 0.05) is 19.0 Å². The third-order valence-corrected chi connectivity index (χ3v) is 5.54. The van der Waals surface area contributed by atoms with E-state index in [4.69, 9.17) is 14.2 Å². The van der Waals surface area contributed by atoms with E-state index in [0.717, 1.165) is 5.56 Å². The van der Waals surface area contributed by atoms with Crippen molar-refractivity contribution in [3.63, 3.8) is 0 Å². The van der Waals surface area contributed by atoms with E-state index in [1.165, 1.54) is 17.2 Å². The standard InChI is InChI=1S/C28H33N3O7/c1-5-16-36-26(34)22-17-20-12-9-15-29-24(20)31(22)25(33)21(30-27(35)38-28(2,3)4)13-14-23(32)37-18-19-10-7-6-8-11-19/h5-12,15,21-22H,1,13-14,16-18H2,2-4H3,(H,30,35)/t21-,22-/m0/s1. The van der Waals surface area contributed by atoms with E-state index in [2.05, 4.69) is 16.9 Å². The van der Waals surface area contributed by atoms with Crippen LogP contribution in [0, 0.1) is 0 Å². The van der Waals surface area contributed by atoms with E-state index in [0.29, 0.717) is 11.4 Å². The molecule has 0 saturated heterocycles. The highest BCUT2D eigenvalue weighted by Gasteiger charge is 2.43. The van der Waals surface area contributed by atoms with Crippen LogP contribution >= 0.6 is 0 Å². The Bertz CT molecular complexity index is 1160. The summed E-state index contributed by atoms with van der Waals surface area (Å²) in [5.41, 5.74) is 0.686. The number of ether oxygens (including phenoxy) is 3. The summed E-state index contributed by atoms with van der Waals surface area (Å²) in [6.45, 7) is 8.68. The molecular formula is C28H33N3O7. The number of pyridine rings is 1. The lowest BCUT2D eigenvalue weighted by Crippen LogP contribution is -2.54. The molecule has 1 aromatic carbocycles. The molecule has 1 aliphatic rings. The second-order valence-electron chi connectivity index (χ2n) is 9.72. The summed E-state index contributed by atoms with van der Waals surface area (Å²) in [7, 11) is 0.